The van der Waals surface area contributed by atoms with Crippen molar-refractivity contribution in [2.45, 2.75) is 69.1 Å². The fourth-order valence-electron chi connectivity index (χ4n) is 3.38. The van der Waals surface area contributed by atoms with Crippen molar-refractivity contribution in [2.24, 2.45) is 0 Å². The number of carbonyl (C=O) groups excluding carboxylic acids is 1. The monoisotopic (exact) mass is 312 g/mol. The van der Waals surface area contributed by atoms with E-state index in [-0.39, 0.29) is 11.5 Å². The Bertz CT molecular complexity index is 349. The molecule has 2 heterocycles. The second-order valence-electron chi connectivity index (χ2n) is 6.73. The molecule has 0 aromatic heterocycles. The highest BCUT2D eigenvalue weighted by Crippen LogP contribution is 2.37. The third-order valence-electron chi connectivity index (χ3n) is 4.85. The lowest BCUT2D eigenvalue weighted by Crippen LogP contribution is -2.49. The van der Waals surface area contributed by atoms with Gasteiger partial charge in [0, 0.05) is 25.1 Å². The van der Waals surface area contributed by atoms with Crippen molar-refractivity contribution in [2.75, 3.05) is 24.7 Å². The van der Waals surface area contributed by atoms with E-state index in [2.05, 4.69) is 22.4 Å². The van der Waals surface area contributed by atoms with Crippen LogP contribution in [0.5, 0.6) is 0 Å². The molecule has 1 saturated carbocycles. The van der Waals surface area contributed by atoms with Crippen molar-refractivity contribution in [3.8, 4) is 0 Å². The van der Waals surface area contributed by atoms with Crippen LogP contribution in [-0.4, -0.2) is 48.2 Å². The minimum absolute atomic E-state index is 0.157. The Labute approximate surface area is 132 Å². The number of ether oxygens (including phenoxy) is 1. The molecule has 1 spiro atoms. The van der Waals surface area contributed by atoms with E-state index in [4.69, 9.17) is 4.74 Å². The first-order valence-electron chi connectivity index (χ1n) is 8.50. The lowest BCUT2D eigenvalue weighted by Gasteiger charge is -2.43. The lowest BCUT2D eigenvalue weighted by atomic mass is 9.85. The van der Waals surface area contributed by atoms with Gasteiger partial charge in [-0.25, -0.2) is 0 Å². The highest BCUT2D eigenvalue weighted by Gasteiger charge is 2.38. The summed E-state index contributed by atoms with van der Waals surface area (Å²) in [5, 5.41) is 6.70. The Morgan fingerprint density at radius 1 is 1.19 bits per heavy atom. The first kappa shape index (κ1) is 15.6. The normalized spacial score (nSPS) is 28.5. The summed E-state index contributed by atoms with van der Waals surface area (Å²) in [6, 6.07) is 1.07. The fraction of sp³-hybridized carbons (Fsp3) is 0.938. The van der Waals surface area contributed by atoms with E-state index in [1.54, 1.807) is 0 Å². The summed E-state index contributed by atoms with van der Waals surface area (Å²) in [6.07, 6.45) is 8.64. The summed E-state index contributed by atoms with van der Waals surface area (Å²) in [4.78, 5) is 11.6. The third kappa shape index (κ3) is 4.86. The summed E-state index contributed by atoms with van der Waals surface area (Å²) < 4.78 is 6.11. The van der Waals surface area contributed by atoms with Gasteiger partial charge in [-0.05, 0) is 63.0 Å². The fourth-order valence-corrected chi connectivity index (χ4v) is 4.61. The Balaban J connectivity index is 1.32. The van der Waals surface area contributed by atoms with Gasteiger partial charge < -0.3 is 15.4 Å². The second-order valence-corrected chi connectivity index (χ2v) is 7.96. The minimum Gasteiger partial charge on any atom is -0.375 e. The smallest absolute Gasteiger partial charge is 0.220 e. The molecular formula is C16H28N2O2S. The molecule has 1 atom stereocenters. The van der Waals surface area contributed by atoms with Crippen LogP contribution in [-0.2, 0) is 9.53 Å². The number of hydrogen-bond donors (Lipinski definition) is 2. The van der Waals surface area contributed by atoms with Crippen molar-refractivity contribution in [3.05, 3.63) is 0 Å². The number of rotatable bonds is 6. The molecule has 1 unspecified atom stereocenters. The molecule has 2 N–H and O–H groups in total. The number of carbonyl (C=O) groups is 1. The number of hydrogen-bond acceptors (Lipinski definition) is 4. The molecule has 0 aromatic carbocycles. The van der Waals surface area contributed by atoms with Crippen LogP contribution >= 0.6 is 11.8 Å². The van der Waals surface area contributed by atoms with E-state index in [9.17, 15) is 4.79 Å². The molecule has 0 aromatic rings. The Morgan fingerprint density at radius 2 is 2.00 bits per heavy atom. The molecular weight excluding hydrogens is 284 g/mol. The summed E-state index contributed by atoms with van der Waals surface area (Å²) >= 11 is 2.05. The van der Waals surface area contributed by atoms with Crippen LogP contribution in [0.2, 0.25) is 0 Å². The molecule has 120 valence electrons. The van der Waals surface area contributed by atoms with Gasteiger partial charge >= 0.3 is 0 Å². The maximum Gasteiger partial charge on any atom is 0.220 e. The molecule has 4 nitrogen and oxygen atoms in total. The molecule has 2 aliphatic heterocycles. The van der Waals surface area contributed by atoms with E-state index >= 15 is 0 Å². The van der Waals surface area contributed by atoms with Crippen LogP contribution < -0.4 is 10.6 Å². The number of nitrogens with one attached hydrogen (secondary N) is 2. The topological polar surface area (TPSA) is 50.4 Å². The Hall–Kier alpha value is -0.260. The average Bonchev–Trinajstić information content (AvgIpc) is 3.29. The largest absolute Gasteiger partial charge is 0.375 e. The van der Waals surface area contributed by atoms with E-state index in [1.807, 2.05) is 0 Å². The van der Waals surface area contributed by atoms with Gasteiger partial charge in [-0.15, -0.1) is 0 Å². The molecule has 2 saturated heterocycles. The van der Waals surface area contributed by atoms with E-state index < -0.39 is 0 Å². The highest BCUT2D eigenvalue weighted by atomic mass is 32.2. The number of amides is 1. The lowest BCUT2D eigenvalue weighted by molar-refractivity contribution is -0.121. The number of thioether (sulfide) groups is 1. The predicted octanol–water partition coefficient (Wildman–Crippen LogP) is 2.08. The summed E-state index contributed by atoms with van der Waals surface area (Å²) in [5.74, 6) is 2.72. The predicted molar refractivity (Wildman–Crippen MR) is 86.7 cm³/mol. The van der Waals surface area contributed by atoms with Gasteiger partial charge in [0.15, 0.2) is 0 Å². The van der Waals surface area contributed by atoms with Gasteiger partial charge in [0.1, 0.15) is 0 Å². The zero-order valence-corrected chi connectivity index (χ0v) is 13.7. The van der Waals surface area contributed by atoms with Gasteiger partial charge in [0.05, 0.1) is 5.60 Å². The quantitative estimate of drug-likeness (QED) is 0.737. The van der Waals surface area contributed by atoms with Crippen LogP contribution in [0.3, 0.4) is 0 Å². The summed E-state index contributed by atoms with van der Waals surface area (Å²) in [6.45, 7) is 1.85. The van der Waals surface area contributed by atoms with Crippen molar-refractivity contribution < 1.29 is 9.53 Å². The van der Waals surface area contributed by atoms with Gasteiger partial charge in [0.25, 0.3) is 0 Å². The van der Waals surface area contributed by atoms with Gasteiger partial charge in [-0.3, -0.25) is 4.79 Å². The van der Waals surface area contributed by atoms with Crippen LogP contribution in [0.25, 0.3) is 0 Å². The highest BCUT2D eigenvalue weighted by molar-refractivity contribution is 7.99. The van der Waals surface area contributed by atoms with Gasteiger partial charge in [-0.2, -0.15) is 11.8 Å². The molecule has 3 rings (SSSR count). The molecule has 1 aliphatic carbocycles. The van der Waals surface area contributed by atoms with Crippen LogP contribution in [0.1, 0.15) is 51.4 Å². The SMILES string of the molecule is O=C(CCCNC1CCOC2(CCSCC2)C1)NC1CC1. The van der Waals surface area contributed by atoms with Gasteiger partial charge in [-0.1, -0.05) is 0 Å². The molecule has 3 aliphatic rings. The van der Waals surface area contributed by atoms with Crippen molar-refractivity contribution >= 4 is 17.7 Å². The molecule has 0 bridgehead atoms. The van der Waals surface area contributed by atoms with E-state index in [1.165, 1.54) is 37.2 Å². The maximum absolute atomic E-state index is 11.6. The van der Waals surface area contributed by atoms with Crippen LogP contribution in [0.4, 0.5) is 0 Å². The first-order chi connectivity index (χ1) is 10.3. The van der Waals surface area contributed by atoms with Crippen molar-refractivity contribution in [3.63, 3.8) is 0 Å². The minimum atomic E-state index is 0.157. The second kappa shape index (κ2) is 7.34. The Kier molecular flexibility index (Phi) is 5.46. The Morgan fingerprint density at radius 3 is 2.76 bits per heavy atom. The van der Waals surface area contributed by atoms with Crippen LogP contribution in [0.15, 0.2) is 0 Å². The molecule has 21 heavy (non-hydrogen) atoms. The standard InChI is InChI=1S/C16H28N2O2S/c19-15(18-13-3-4-13)2-1-8-17-14-5-9-20-16(12-14)6-10-21-11-7-16/h13-14,17H,1-12H2,(H,18,19). The maximum atomic E-state index is 11.6. The summed E-state index contributed by atoms with van der Waals surface area (Å²) in [7, 11) is 0. The zero-order chi connectivity index (χ0) is 14.5. The van der Waals surface area contributed by atoms with E-state index in [0.29, 0.717) is 18.5 Å². The van der Waals surface area contributed by atoms with Crippen LogP contribution in [0, 0.1) is 0 Å². The third-order valence-corrected chi connectivity index (χ3v) is 5.84. The van der Waals surface area contributed by atoms with Crippen molar-refractivity contribution in [1.29, 1.82) is 0 Å². The summed E-state index contributed by atoms with van der Waals surface area (Å²) in [5.41, 5.74) is 0.157. The zero-order valence-electron chi connectivity index (χ0n) is 12.9. The molecule has 0 radical (unpaired) electrons. The first-order valence-corrected chi connectivity index (χ1v) is 9.66. The molecule has 5 heteroatoms. The van der Waals surface area contributed by atoms with Gasteiger partial charge in [0.2, 0.25) is 5.91 Å². The molecule has 3 fully saturated rings. The van der Waals surface area contributed by atoms with Crippen molar-refractivity contribution in [1.82, 2.24) is 10.6 Å². The average molecular weight is 312 g/mol. The molecule has 1 amide bonds. The van der Waals surface area contributed by atoms with E-state index in [0.717, 1.165) is 32.4 Å².